The lowest BCUT2D eigenvalue weighted by molar-refractivity contribution is -0.148. The third kappa shape index (κ3) is 3.07. The van der Waals surface area contributed by atoms with Gasteiger partial charge in [-0.05, 0) is 24.9 Å². The first kappa shape index (κ1) is 11.1. The van der Waals surface area contributed by atoms with Crippen LogP contribution in [0.15, 0.2) is 30.3 Å². The number of benzene rings is 1. The van der Waals surface area contributed by atoms with E-state index in [1.165, 1.54) is 0 Å². The van der Waals surface area contributed by atoms with Crippen molar-refractivity contribution in [2.45, 2.75) is 31.9 Å². The molecule has 0 spiro atoms. The second-order valence-electron chi connectivity index (χ2n) is 4.10. The summed E-state index contributed by atoms with van der Waals surface area (Å²) < 4.78 is 5.27. The largest absolute Gasteiger partial charge is 0.460 e. The number of hydrogen-bond acceptors (Lipinski definition) is 3. The molecule has 1 aliphatic rings. The maximum absolute atomic E-state index is 11.7. The van der Waals surface area contributed by atoms with E-state index in [1.807, 2.05) is 30.3 Å². The molecule has 16 heavy (non-hydrogen) atoms. The molecule has 1 heterocycles. The van der Waals surface area contributed by atoms with Gasteiger partial charge in [-0.3, -0.25) is 4.79 Å². The molecule has 0 saturated carbocycles. The zero-order chi connectivity index (χ0) is 11.2. The second kappa shape index (κ2) is 5.66. The van der Waals surface area contributed by atoms with Gasteiger partial charge in [0.25, 0.3) is 0 Å². The third-order valence-corrected chi connectivity index (χ3v) is 2.82. The molecule has 2 rings (SSSR count). The molecule has 0 radical (unpaired) electrons. The van der Waals surface area contributed by atoms with Crippen LogP contribution in [-0.2, 0) is 16.1 Å². The molecule has 0 unspecified atom stereocenters. The van der Waals surface area contributed by atoms with Crippen molar-refractivity contribution >= 4 is 5.97 Å². The van der Waals surface area contributed by atoms with Crippen LogP contribution < -0.4 is 5.32 Å². The Morgan fingerprint density at radius 3 is 2.81 bits per heavy atom. The van der Waals surface area contributed by atoms with Crippen LogP contribution in [0.5, 0.6) is 0 Å². The average Bonchev–Trinajstić information content (AvgIpc) is 2.38. The Labute approximate surface area is 95.8 Å². The molecule has 86 valence electrons. The van der Waals surface area contributed by atoms with Crippen molar-refractivity contribution in [2.24, 2.45) is 0 Å². The van der Waals surface area contributed by atoms with E-state index in [0.717, 1.165) is 31.4 Å². The molecule has 1 fully saturated rings. The van der Waals surface area contributed by atoms with Crippen LogP contribution in [0.1, 0.15) is 24.8 Å². The number of ether oxygens (including phenoxy) is 1. The normalized spacial score (nSPS) is 20.4. The highest BCUT2D eigenvalue weighted by Gasteiger charge is 2.21. The molecule has 1 N–H and O–H groups in total. The lowest BCUT2D eigenvalue weighted by Gasteiger charge is -2.21. The topological polar surface area (TPSA) is 38.3 Å². The molecule has 1 atom stereocenters. The maximum atomic E-state index is 11.7. The van der Waals surface area contributed by atoms with E-state index in [-0.39, 0.29) is 12.0 Å². The van der Waals surface area contributed by atoms with E-state index in [0.29, 0.717) is 6.61 Å². The number of hydrogen-bond donors (Lipinski definition) is 1. The van der Waals surface area contributed by atoms with Gasteiger partial charge in [-0.25, -0.2) is 0 Å². The van der Waals surface area contributed by atoms with E-state index in [4.69, 9.17) is 4.74 Å². The summed E-state index contributed by atoms with van der Waals surface area (Å²) in [5, 5.41) is 3.18. The SMILES string of the molecule is O=C(OCc1ccccc1)[C@H]1CCCCN1. The molecule has 3 heteroatoms. The molecule has 1 aliphatic heterocycles. The molecule has 1 saturated heterocycles. The van der Waals surface area contributed by atoms with Crippen LogP contribution >= 0.6 is 0 Å². The predicted octanol–water partition coefficient (Wildman–Crippen LogP) is 1.87. The fourth-order valence-corrected chi connectivity index (χ4v) is 1.88. The van der Waals surface area contributed by atoms with E-state index in [2.05, 4.69) is 5.32 Å². The summed E-state index contributed by atoms with van der Waals surface area (Å²) >= 11 is 0. The standard InChI is InChI=1S/C13H17NO2/c15-13(12-8-4-5-9-14-12)16-10-11-6-2-1-3-7-11/h1-3,6-7,12,14H,4-5,8-10H2/t12-/m1/s1. The number of esters is 1. The van der Waals surface area contributed by atoms with Crippen LogP contribution in [0.3, 0.4) is 0 Å². The number of rotatable bonds is 3. The first-order chi connectivity index (χ1) is 7.86. The number of piperidine rings is 1. The predicted molar refractivity (Wildman–Crippen MR) is 61.9 cm³/mol. The number of carbonyl (C=O) groups is 1. The lowest BCUT2D eigenvalue weighted by atomic mass is 10.1. The van der Waals surface area contributed by atoms with Gasteiger partial charge in [0.05, 0.1) is 0 Å². The molecule has 1 aromatic rings. The summed E-state index contributed by atoms with van der Waals surface area (Å²) in [5.41, 5.74) is 1.03. The van der Waals surface area contributed by atoms with Crippen LogP contribution in [0.4, 0.5) is 0 Å². The van der Waals surface area contributed by atoms with Gasteiger partial charge >= 0.3 is 5.97 Å². The molecule has 0 aliphatic carbocycles. The lowest BCUT2D eigenvalue weighted by Crippen LogP contribution is -2.41. The van der Waals surface area contributed by atoms with Gasteiger partial charge in [0.2, 0.25) is 0 Å². The van der Waals surface area contributed by atoms with Crippen molar-refractivity contribution in [3.8, 4) is 0 Å². The number of carbonyl (C=O) groups excluding carboxylic acids is 1. The van der Waals surface area contributed by atoms with E-state index >= 15 is 0 Å². The Bertz CT molecular complexity index is 331. The minimum absolute atomic E-state index is 0.0996. The summed E-state index contributed by atoms with van der Waals surface area (Å²) in [4.78, 5) is 11.7. The first-order valence-corrected chi connectivity index (χ1v) is 5.80. The smallest absolute Gasteiger partial charge is 0.323 e. The summed E-state index contributed by atoms with van der Waals surface area (Å²) in [6.07, 6.45) is 3.16. The van der Waals surface area contributed by atoms with Gasteiger partial charge < -0.3 is 10.1 Å². The van der Waals surface area contributed by atoms with Crippen LogP contribution in [0, 0.1) is 0 Å². The quantitative estimate of drug-likeness (QED) is 0.789. The van der Waals surface area contributed by atoms with E-state index in [1.54, 1.807) is 0 Å². The van der Waals surface area contributed by atoms with Crippen molar-refractivity contribution in [3.63, 3.8) is 0 Å². The highest BCUT2D eigenvalue weighted by molar-refractivity contribution is 5.75. The van der Waals surface area contributed by atoms with Crippen LogP contribution in [0.2, 0.25) is 0 Å². The number of nitrogens with one attached hydrogen (secondary N) is 1. The highest BCUT2D eigenvalue weighted by Crippen LogP contribution is 2.09. The second-order valence-corrected chi connectivity index (χ2v) is 4.10. The first-order valence-electron chi connectivity index (χ1n) is 5.80. The zero-order valence-electron chi connectivity index (χ0n) is 9.32. The monoisotopic (exact) mass is 219 g/mol. The van der Waals surface area contributed by atoms with Gasteiger partial charge in [-0.2, -0.15) is 0 Å². The third-order valence-electron chi connectivity index (χ3n) is 2.82. The van der Waals surface area contributed by atoms with E-state index < -0.39 is 0 Å². The minimum Gasteiger partial charge on any atom is -0.460 e. The Balaban J connectivity index is 1.79. The Morgan fingerprint density at radius 2 is 2.12 bits per heavy atom. The highest BCUT2D eigenvalue weighted by atomic mass is 16.5. The summed E-state index contributed by atoms with van der Waals surface area (Å²) in [5.74, 6) is -0.122. The zero-order valence-corrected chi connectivity index (χ0v) is 9.32. The maximum Gasteiger partial charge on any atom is 0.323 e. The molecule has 3 nitrogen and oxygen atoms in total. The van der Waals surface area contributed by atoms with Gasteiger partial charge in [0, 0.05) is 0 Å². The molecule has 0 aromatic heterocycles. The van der Waals surface area contributed by atoms with Gasteiger partial charge in [0.1, 0.15) is 12.6 Å². The Hall–Kier alpha value is -1.35. The van der Waals surface area contributed by atoms with Gasteiger partial charge in [0.15, 0.2) is 0 Å². The molecule has 0 bridgehead atoms. The molecule has 0 amide bonds. The Morgan fingerprint density at radius 1 is 1.31 bits per heavy atom. The summed E-state index contributed by atoms with van der Waals surface area (Å²) in [7, 11) is 0. The van der Waals surface area contributed by atoms with Crippen LogP contribution in [0.25, 0.3) is 0 Å². The minimum atomic E-state index is -0.122. The molecular formula is C13H17NO2. The molecule has 1 aromatic carbocycles. The Kier molecular flexibility index (Phi) is 3.94. The van der Waals surface area contributed by atoms with Gasteiger partial charge in [-0.15, -0.1) is 0 Å². The fraction of sp³-hybridized carbons (Fsp3) is 0.462. The van der Waals surface area contributed by atoms with Crippen molar-refractivity contribution < 1.29 is 9.53 Å². The van der Waals surface area contributed by atoms with Crippen molar-refractivity contribution in [2.75, 3.05) is 6.54 Å². The van der Waals surface area contributed by atoms with Gasteiger partial charge in [-0.1, -0.05) is 36.8 Å². The average molecular weight is 219 g/mol. The van der Waals surface area contributed by atoms with Crippen molar-refractivity contribution in [1.29, 1.82) is 0 Å². The fourth-order valence-electron chi connectivity index (χ4n) is 1.88. The van der Waals surface area contributed by atoms with Crippen molar-refractivity contribution in [3.05, 3.63) is 35.9 Å². The van der Waals surface area contributed by atoms with Crippen LogP contribution in [-0.4, -0.2) is 18.6 Å². The summed E-state index contributed by atoms with van der Waals surface area (Å²) in [6, 6.07) is 9.67. The summed E-state index contributed by atoms with van der Waals surface area (Å²) in [6.45, 7) is 1.29. The molecular weight excluding hydrogens is 202 g/mol. The van der Waals surface area contributed by atoms with Crippen molar-refractivity contribution in [1.82, 2.24) is 5.32 Å². The van der Waals surface area contributed by atoms with E-state index in [9.17, 15) is 4.79 Å².